The summed E-state index contributed by atoms with van der Waals surface area (Å²) in [6.07, 6.45) is 2.84. The van der Waals surface area contributed by atoms with Crippen molar-refractivity contribution in [3.63, 3.8) is 0 Å². The third-order valence-electron chi connectivity index (χ3n) is 3.13. The van der Waals surface area contributed by atoms with Crippen LogP contribution in [0.1, 0.15) is 38.4 Å². The normalized spacial score (nSPS) is 13.0. The molecule has 0 saturated heterocycles. The van der Waals surface area contributed by atoms with Crippen molar-refractivity contribution in [1.82, 2.24) is 9.88 Å². The van der Waals surface area contributed by atoms with Gasteiger partial charge in [-0.15, -0.1) is 0 Å². The Kier molecular flexibility index (Phi) is 5.28. The highest BCUT2D eigenvalue weighted by molar-refractivity contribution is 5.94. The highest BCUT2D eigenvalue weighted by atomic mass is 15.1. The molecule has 0 aromatic carbocycles. The number of pyridine rings is 1. The van der Waals surface area contributed by atoms with Gasteiger partial charge in [0.1, 0.15) is 11.5 Å². The Morgan fingerprint density at radius 3 is 2.67 bits per heavy atom. The molecule has 1 aromatic rings. The van der Waals surface area contributed by atoms with Gasteiger partial charge in [0.2, 0.25) is 0 Å². The van der Waals surface area contributed by atoms with E-state index in [1.54, 1.807) is 6.20 Å². The van der Waals surface area contributed by atoms with Crippen molar-refractivity contribution in [2.45, 2.75) is 39.8 Å². The first-order chi connectivity index (χ1) is 8.41. The van der Waals surface area contributed by atoms with Crippen LogP contribution in [0.15, 0.2) is 18.3 Å². The molecule has 0 spiro atoms. The topological polar surface area (TPSA) is 66.0 Å². The summed E-state index contributed by atoms with van der Waals surface area (Å²) >= 11 is 0. The summed E-state index contributed by atoms with van der Waals surface area (Å²) in [6.45, 7) is 7.46. The molecule has 1 atom stereocenters. The van der Waals surface area contributed by atoms with Crippen molar-refractivity contribution in [3.8, 4) is 0 Å². The highest BCUT2D eigenvalue weighted by Crippen LogP contribution is 2.14. The summed E-state index contributed by atoms with van der Waals surface area (Å²) in [5.41, 5.74) is 7.16. The van der Waals surface area contributed by atoms with Crippen molar-refractivity contribution >= 4 is 5.84 Å². The van der Waals surface area contributed by atoms with E-state index in [2.05, 4.69) is 37.7 Å². The number of hydrogen-bond donors (Lipinski definition) is 2. The zero-order valence-corrected chi connectivity index (χ0v) is 11.8. The molecule has 0 saturated carbocycles. The van der Waals surface area contributed by atoms with Gasteiger partial charge in [-0.2, -0.15) is 0 Å². The van der Waals surface area contributed by atoms with Gasteiger partial charge in [0.15, 0.2) is 0 Å². The Morgan fingerprint density at radius 2 is 2.11 bits per heavy atom. The van der Waals surface area contributed by atoms with E-state index in [4.69, 9.17) is 11.1 Å². The first-order valence-electron chi connectivity index (χ1n) is 6.40. The molecule has 4 heteroatoms. The van der Waals surface area contributed by atoms with E-state index >= 15 is 0 Å². The minimum Gasteiger partial charge on any atom is -0.382 e. The van der Waals surface area contributed by atoms with E-state index in [9.17, 15) is 0 Å². The first-order valence-corrected chi connectivity index (χ1v) is 6.40. The maximum absolute atomic E-state index is 7.54. The van der Waals surface area contributed by atoms with Gasteiger partial charge in [0, 0.05) is 18.8 Å². The fourth-order valence-electron chi connectivity index (χ4n) is 2.10. The number of nitrogens with two attached hydrogens (primary N) is 1. The quantitative estimate of drug-likeness (QED) is 0.599. The monoisotopic (exact) mass is 248 g/mol. The van der Waals surface area contributed by atoms with Crippen molar-refractivity contribution in [2.75, 3.05) is 7.05 Å². The number of nitrogens with one attached hydrogen (secondary N) is 1. The lowest BCUT2D eigenvalue weighted by molar-refractivity contribution is 0.220. The van der Waals surface area contributed by atoms with Crippen molar-refractivity contribution in [2.24, 2.45) is 11.7 Å². The van der Waals surface area contributed by atoms with E-state index in [0.717, 1.165) is 18.5 Å². The molecule has 0 aliphatic carbocycles. The first kappa shape index (κ1) is 14.6. The molecule has 1 aromatic heterocycles. The number of rotatable bonds is 6. The number of nitrogen functional groups attached to an aromatic ring is 1. The van der Waals surface area contributed by atoms with Crippen LogP contribution in [0.5, 0.6) is 0 Å². The van der Waals surface area contributed by atoms with Crippen molar-refractivity contribution in [1.29, 1.82) is 5.41 Å². The molecule has 3 N–H and O–H groups in total. The molecule has 1 rings (SSSR count). The number of amidine groups is 1. The molecular formula is C14H24N4. The second kappa shape index (κ2) is 6.50. The van der Waals surface area contributed by atoms with Gasteiger partial charge in [-0.3, -0.25) is 15.3 Å². The van der Waals surface area contributed by atoms with Crippen LogP contribution in [0.4, 0.5) is 0 Å². The molecule has 0 radical (unpaired) electrons. The van der Waals surface area contributed by atoms with Crippen LogP contribution in [-0.4, -0.2) is 28.8 Å². The van der Waals surface area contributed by atoms with E-state index in [1.807, 2.05) is 12.1 Å². The van der Waals surface area contributed by atoms with Crippen molar-refractivity contribution in [3.05, 3.63) is 29.6 Å². The molecule has 1 heterocycles. The summed E-state index contributed by atoms with van der Waals surface area (Å²) in [6, 6.07) is 4.38. The summed E-state index contributed by atoms with van der Waals surface area (Å²) < 4.78 is 0. The maximum atomic E-state index is 7.54. The minimum absolute atomic E-state index is 0.0375. The molecule has 0 amide bonds. The lowest BCUT2D eigenvalue weighted by Gasteiger charge is -2.26. The molecule has 0 fully saturated rings. The van der Waals surface area contributed by atoms with Crippen LogP contribution in [-0.2, 0) is 6.54 Å². The largest absolute Gasteiger partial charge is 0.382 e. The number of aromatic nitrogens is 1. The van der Waals surface area contributed by atoms with Crippen LogP contribution >= 0.6 is 0 Å². The predicted molar refractivity (Wildman–Crippen MR) is 75.6 cm³/mol. The van der Waals surface area contributed by atoms with E-state index in [-0.39, 0.29) is 5.84 Å². The molecule has 4 nitrogen and oxygen atoms in total. The molecule has 0 aliphatic rings. The average molecular weight is 248 g/mol. The summed E-state index contributed by atoms with van der Waals surface area (Å²) in [5.74, 6) is 0.721. The van der Waals surface area contributed by atoms with Crippen LogP contribution in [0.2, 0.25) is 0 Å². The minimum atomic E-state index is 0.0375. The van der Waals surface area contributed by atoms with E-state index in [0.29, 0.717) is 17.7 Å². The van der Waals surface area contributed by atoms with Gasteiger partial charge in [-0.25, -0.2) is 0 Å². The molecule has 100 valence electrons. The van der Waals surface area contributed by atoms with Crippen LogP contribution < -0.4 is 5.73 Å². The zero-order valence-electron chi connectivity index (χ0n) is 11.8. The van der Waals surface area contributed by atoms with Crippen LogP contribution in [0, 0.1) is 11.3 Å². The summed E-state index contributed by atoms with van der Waals surface area (Å²) in [5, 5.41) is 7.54. The summed E-state index contributed by atoms with van der Waals surface area (Å²) in [4.78, 5) is 6.46. The molecule has 18 heavy (non-hydrogen) atoms. The molecule has 1 unspecified atom stereocenters. The predicted octanol–water partition coefficient (Wildman–Crippen LogP) is 2.23. The Labute approximate surface area is 110 Å². The van der Waals surface area contributed by atoms with Gasteiger partial charge < -0.3 is 5.73 Å². The average Bonchev–Trinajstić information content (AvgIpc) is 2.28. The zero-order chi connectivity index (χ0) is 13.7. The number of nitrogens with zero attached hydrogens (tertiary/aromatic N) is 2. The lowest BCUT2D eigenvalue weighted by atomic mass is 10.0. The van der Waals surface area contributed by atoms with Gasteiger partial charge in [-0.1, -0.05) is 19.9 Å². The fraction of sp³-hybridized carbons (Fsp3) is 0.571. The fourth-order valence-corrected chi connectivity index (χ4v) is 2.10. The van der Waals surface area contributed by atoms with Gasteiger partial charge in [0.25, 0.3) is 0 Å². The van der Waals surface area contributed by atoms with E-state index < -0.39 is 0 Å². The van der Waals surface area contributed by atoms with E-state index in [1.165, 1.54) is 0 Å². The Morgan fingerprint density at radius 1 is 1.44 bits per heavy atom. The molecular weight excluding hydrogens is 224 g/mol. The molecule has 0 aliphatic heterocycles. The number of hydrogen-bond acceptors (Lipinski definition) is 3. The van der Waals surface area contributed by atoms with Gasteiger partial charge in [0.05, 0.1) is 0 Å². The third-order valence-corrected chi connectivity index (χ3v) is 3.13. The Hall–Kier alpha value is -1.42. The second-order valence-electron chi connectivity index (χ2n) is 5.32. The van der Waals surface area contributed by atoms with Gasteiger partial charge >= 0.3 is 0 Å². The highest BCUT2D eigenvalue weighted by Gasteiger charge is 2.14. The summed E-state index contributed by atoms with van der Waals surface area (Å²) in [7, 11) is 2.10. The Balaban J connectivity index is 2.75. The SMILES string of the molecule is CC(C)CC(C)N(C)Cc1cccnc1C(=N)N. The third kappa shape index (κ3) is 4.11. The van der Waals surface area contributed by atoms with Gasteiger partial charge in [-0.05, 0) is 37.9 Å². The van der Waals surface area contributed by atoms with Crippen LogP contribution in [0.25, 0.3) is 0 Å². The van der Waals surface area contributed by atoms with Crippen molar-refractivity contribution < 1.29 is 0 Å². The standard InChI is InChI=1S/C14H24N4/c1-10(2)8-11(3)18(4)9-12-6-5-7-17-13(12)14(15)16/h5-7,10-11H,8-9H2,1-4H3,(H3,15,16). The Bertz CT molecular complexity index is 401. The second-order valence-corrected chi connectivity index (χ2v) is 5.32. The van der Waals surface area contributed by atoms with Crippen LogP contribution in [0.3, 0.4) is 0 Å². The molecule has 0 bridgehead atoms. The smallest absolute Gasteiger partial charge is 0.142 e. The lowest BCUT2D eigenvalue weighted by Crippen LogP contribution is -2.31. The maximum Gasteiger partial charge on any atom is 0.142 e.